The van der Waals surface area contributed by atoms with Gasteiger partial charge >= 0.3 is 0 Å². The molecule has 1 nitrogen and oxygen atoms in total. The van der Waals surface area contributed by atoms with Gasteiger partial charge in [-0.15, -0.1) is 0 Å². The average Bonchev–Trinajstić information content (AvgIpc) is 2.17. The van der Waals surface area contributed by atoms with Crippen LogP contribution < -0.4 is 5.32 Å². The summed E-state index contributed by atoms with van der Waals surface area (Å²) in [6, 6.07) is 7.57. The Hall–Kier alpha value is -0.960. The molecular formula is C12H15F2N. The third-order valence-corrected chi connectivity index (χ3v) is 2.86. The quantitative estimate of drug-likeness (QED) is 0.752. The molecule has 0 radical (unpaired) electrons. The Morgan fingerprint density at radius 1 is 1.27 bits per heavy atom. The van der Waals surface area contributed by atoms with E-state index in [0.717, 1.165) is 11.1 Å². The van der Waals surface area contributed by atoms with Crippen molar-refractivity contribution in [1.29, 1.82) is 0 Å². The van der Waals surface area contributed by atoms with E-state index in [4.69, 9.17) is 0 Å². The van der Waals surface area contributed by atoms with Crippen LogP contribution in [0.3, 0.4) is 0 Å². The zero-order valence-electron chi connectivity index (χ0n) is 8.76. The molecule has 1 atom stereocenters. The summed E-state index contributed by atoms with van der Waals surface area (Å²) >= 11 is 0. The van der Waals surface area contributed by atoms with Gasteiger partial charge in [0.1, 0.15) is 0 Å². The van der Waals surface area contributed by atoms with Crippen molar-refractivity contribution in [3.63, 3.8) is 0 Å². The Balaban J connectivity index is 2.13. The van der Waals surface area contributed by atoms with Gasteiger partial charge in [-0.25, -0.2) is 8.78 Å². The summed E-state index contributed by atoms with van der Waals surface area (Å²) in [6.07, 6.45) is -0.134. The molecule has 1 N–H and O–H groups in total. The number of halogens is 2. The van der Waals surface area contributed by atoms with Crippen LogP contribution in [0.5, 0.6) is 0 Å². The molecule has 82 valence electrons. The van der Waals surface area contributed by atoms with E-state index in [9.17, 15) is 8.78 Å². The van der Waals surface area contributed by atoms with Gasteiger partial charge in [-0.05, 0) is 12.5 Å². The van der Waals surface area contributed by atoms with Gasteiger partial charge in [-0.1, -0.05) is 29.8 Å². The van der Waals surface area contributed by atoms with Gasteiger partial charge in [0.15, 0.2) is 0 Å². The van der Waals surface area contributed by atoms with Crippen LogP contribution in [0.1, 0.15) is 30.0 Å². The minimum atomic E-state index is -2.51. The van der Waals surface area contributed by atoms with Crippen molar-refractivity contribution in [3.05, 3.63) is 35.4 Å². The number of piperidine rings is 1. The normalized spacial score (nSPS) is 25.1. The molecule has 3 heteroatoms. The van der Waals surface area contributed by atoms with E-state index >= 15 is 0 Å². The summed E-state index contributed by atoms with van der Waals surface area (Å²) in [6.45, 7) is 2.39. The molecule has 0 aromatic heterocycles. The number of benzene rings is 1. The van der Waals surface area contributed by atoms with E-state index in [1.165, 1.54) is 0 Å². The van der Waals surface area contributed by atoms with Gasteiger partial charge in [0.2, 0.25) is 0 Å². The zero-order chi connectivity index (χ0) is 10.9. The summed E-state index contributed by atoms with van der Waals surface area (Å²) in [5.74, 6) is -2.51. The standard InChI is InChI=1S/C12H15F2N/c1-9-2-4-10(5-3-9)11-8-12(13,14)6-7-15-11/h2-5,11,15H,6-8H2,1H3/t11-/m1/s1. The van der Waals surface area contributed by atoms with Gasteiger partial charge in [0, 0.05) is 25.4 Å². The van der Waals surface area contributed by atoms with Crippen molar-refractivity contribution in [2.45, 2.75) is 31.7 Å². The lowest BCUT2D eigenvalue weighted by atomic mass is 9.94. The minimum absolute atomic E-state index is 0.0463. The molecule has 0 saturated carbocycles. The summed E-state index contributed by atoms with van der Waals surface area (Å²) in [4.78, 5) is 0. The third kappa shape index (κ3) is 2.53. The molecule has 1 aromatic carbocycles. The predicted molar refractivity (Wildman–Crippen MR) is 56.1 cm³/mol. The number of hydrogen-bond donors (Lipinski definition) is 1. The van der Waals surface area contributed by atoms with Crippen molar-refractivity contribution in [2.75, 3.05) is 6.54 Å². The van der Waals surface area contributed by atoms with E-state index in [-0.39, 0.29) is 18.9 Å². The molecule has 15 heavy (non-hydrogen) atoms. The number of alkyl halides is 2. The van der Waals surface area contributed by atoms with Gasteiger partial charge in [-0.3, -0.25) is 0 Å². The fourth-order valence-electron chi connectivity index (χ4n) is 1.94. The molecule has 2 rings (SSSR count). The second-order valence-corrected chi connectivity index (χ2v) is 4.23. The zero-order valence-corrected chi connectivity index (χ0v) is 8.76. The molecule has 1 aromatic rings. The first-order valence-electron chi connectivity index (χ1n) is 5.25. The Bertz CT molecular complexity index is 332. The lowest BCUT2D eigenvalue weighted by Gasteiger charge is -2.30. The van der Waals surface area contributed by atoms with Crippen molar-refractivity contribution < 1.29 is 8.78 Å². The maximum Gasteiger partial charge on any atom is 0.251 e. The molecular weight excluding hydrogens is 196 g/mol. The summed E-state index contributed by atoms with van der Waals surface area (Å²) in [7, 11) is 0. The molecule has 0 spiro atoms. The first kappa shape index (κ1) is 10.6. The Labute approximate surface area is 88.5 Å². The van der Waals surface area contributed by atoms with Crippen molar-refractivity contribution in [3.8, 4) is 0 Å². The largest absolute Gasteiger partial charge is 0.310 e. The second-order valence-electron chi connectivity index (χ2n) is 4.23. The van der Waals surface area contributed by atoms with E-state index in [1.807, 2.05) is 31.2 Å². The monoisotopic (exact) mass is 211 g/mol. The number of hydrogen-bond acceptors (Lipinski definition) is 1. The van der Waals surface area contributed by atoms with Crippen LogP contribution in [-0.4, -0.2) is 12.5 Å². The Morgan fingerprint density at radius 3 is 2.53 bits per heavy atom. The van der Waals surface area contributed by atoms with Crippen LogP contribution in [-0.2, 0) is 0 Å². The lowest BCUT2D eigenvalue weighted by molar-refractivity contribution is -0.0415. The van der Waals surface area contributed by atoms with E-state index < -0.39 is 5.92 Å². The van der Waals surface area contributed by atoms with Crippen LogP contribution >= 0.6 is 0 Å². The van der Waals surface area contributed by atoms with Gasteiger partial charge in [0.25, 0.3) is 5.92 Å². The third-order valence-electron chi connectivity index (χ3n) is 2.86. The smallest absolute Gasteiger partial charge is 0.251 e. The highest BCUT2D eigenvalue weighted by Crippen LogP contribution is 2.34. The summed E-state index contributed by atoms with van der Waals surface area (Å²) in [5, 5.41) is 3.13. The topological polar surface area (TPSA) is 12.0 Å². The van der Waals surface area contributed by atoms with Crippen molar-refractivity contribution in [2.24, 2.45) is 0 Å². The molecule has 1 fully saturated rings. The SMILES string of the molecule is Cc1ccc([C@H]2CC(F)(F)CCN2)cc1. The fraction of sp³-hybridized carbons (Fsp3) is 0.500. The van der Waals surface area contributed by atoms with E-state index in [1.54, 1.807) is 0 Å². The number of aryl methyl sites for hydroxylation is 1. The lowest BCUT2D eigenvalue weighted by Crippen LogP contribution is -2.38. The average molecular weight is 211 g/mol. The Morgan fingerprint density at radius 2 is 1.93 bits per heavy atom. The minimum Gasteiger partial charge on any atom is -0.310 e. The van der Waals surface area contributed by atoms with E-state index in [2.05, 4.69) is 5.32 Å². The first-order chi connectivity index (χ1) is 7.07. The highest BCUT2D eigenvalue weighted by atomic mass is 19.3. The van der Waals surface area contributed by atoms with Crippen LogP contribution in [0.15, 0.2) is 24.3 Å². The van der Waals surface area contributed by atoms with Gasteiger partial charge < -0.3 is 5.32 Å². The highest BCUT2D eigenvalue weighted by Gasteiger charge is 2.36. The molecule has 0 bridgehead atoms. The maximum atomic E-state index is 13.2. The van der Waals surface area contributed by atoms with Crippen LogP contribution in [0.25, 0.3) is 0 Å². The van der Waals surface area contributed by atoms with Crippen LogP contribution in [0.4, 0.5) is 8.78 Å². The summed E-state index contributed by atoms with van der Waals surface area (Å²) in [5.41, 5.74) is 2.11. The number of nitrogens with one attached hydrogen (secondary N) is 1. The highest BCUT2D eigenvalue weighted by molar-refractivity contribution is 5.24. The van der Waals surface area contributed by atoms with Gasteiger partial charge in [0.05, 0.1) is 0 Å². The van der Waals surface area contributed by atoms with Crippen LogP contribution in [0.2, 0.25) is 0 Å². The molecule has 0 unspecified atom stereocenters. The van der Waals surface area contributed by atoms with Gasteiger partial charge in [-0.2, -0.15) is 0 Å². The first-order valence-corrected chi connectivity index (χ1v) is 5.25. The Kier molecular flexibility index (Phi) is 2.74. The molecule has 0 amide bonds. The number of rotatable bonds is 1. The second kappa shape index (κ2) is 3.89. The maximum absolute atomic E-state index is 13.2. The molecule has 1 heterocycles. The fourth-order valence-corrected chi connectivity index (χ4v) is 1.94. The molecule has 1 saturated heterocycles. The predicted octanol–water partition coefficient (Wildman–Crippen LogP) is 3.05. The van der Waals surface area contributed by atoms with Crippen LogP contribution in [0, 0.1) is 6.92 Å². The summed E-state index contributed by atoms with van der Waals surface area (Å²) < 4.78 is 26.4. The molecule has 1 aliphatic heterocycles. The van der Waals surface area contributed by atoms with Crippen molar-refractivity contribution >= 4 is 0 Å². The van der Waals surface area contributed by atoms with Crippen molar-refractivity contribution in [1.82, 2.24) is 5.32 Å². The van der Waals surface area contributed by atoms with E-state index in [0.29, 0.717) is 6.54 Å². The molecule has 1 aliphatic rings. The molecule has 0 aliphatic carbocycles.